The van der Waals surface area contributed by atoms with Crippen LogP contribution in [0.1, 0.15) is 32.1 Å². The minimum Gasteiger partial charge on any atom is -0.480 e. The number of likely N-dealkylation sites (tertiary alicyclic amines) is 1. The second-order valence-corrected chi connectivity index (χ2v) is 5.51. The van der Waals surface area contributed by atoms with Crippen LogP contribution in [-0.2, 0) is 9.53 Å². The molecule has 2 aliphatic rings. The number of carbonyl (C=O) groups excluding carboxylic acids is 1. The topological polar surface area (TPSA) is 66.8 Å². The fraction of sp³-hybridized carbons (Fsp3) is 0.714. The van der Waals surface area contributed by atoms with Crippen LogP contribution in [0, 0.1) is 11.8 Å². The molecule has 2 atom stereocenters. The van der Waals surface area contributed by atoms with Crippen molar-refractivity contribution in [3.8, 4) is 0 Å². The monoisotopic (exact) mass is 267 g/mol. The summed E-state index contributed by atoms with van der Waals surface area (Å²) in [5, 5.41) is 9.21. The van der Waals surface area contributed by atoms with Gasteiger partial charge in [-0.1, -0.05) is 31.9 Å². The number of hydrogen-bond acceptors (Lipinski definition) is 3. The smallest absolute Gasteiger partial charge is 0.410 e. The Labute approximate surface area is 113 Å². The molecule has 1 aliphatic carbocycles. The minimum absolute atomic E-state index is 0.120. The normalized spacial score (nSPS) is 26.8. The van der Waals surface area contributed by atoms with Crippen molar-refractivity contribution >= 4 is 12.1 Å². The van der Waals surface area contributed by atoms with Crippen LogP contribution in [0.2, 0.25) is 0 Å². The lowest BCUT2D eigenvalue weighted by atomic mass is 9.78. The van der Waals surface area contributed by atoms with Gasteiger partial charge in [0.15, 0.2) is 0 Å². The van der Waals surface area contributed by atoms with E-state index in [-0.39, 0.29) is 6.61 Å². The first-order chi connectivity index (χ1) is 9.11. The van der Waals surface area contributed by atoms with E-state index in [2.05, 4.69) is 6.58 Å². The van der Waals surface area contributed by atoms with Gasteiger partial charge in [0.25, 0.3) is 0 Å². The maximum Gasteiger partial charge on any atom is 0.410 e. The summed E-state index contributed by atoms with van der Waals surface area (Å²) in [5.74, 6) is 0.0814. The number of carboxylic acids is 1. The standard InChI is InChI=1S/C14H21NO4/c1-2-6-19-14(18)15-9-11(7-10-4-3-5-10)8-12(15)13(16)17/h2,10-12H,1,3-9H2,(H,16,17)/t11-,12-/m0/s1. The van der Waals surface area contributed by atoms with Gasteiger partial charge in [-0.05, 0) is 24.7 Å². The average Bonchev–Trinajstić information content (AvgIpc) is 2.75. The van der Waals surface area contributed by atoms with E-state index in [9.17, 15) is 14.7 Å². The van der Waals surface area contributed by atoms with Gasteiger partial charge in [-0.25, -0.2) is 9.59 Å². The fourth-order valence-corrected chi connectivity index (χ4v) is 2.94. The summed E-state index contributed by atoms with van der Waals surface area (Å²) >= 11 is 0. The third-order valence-electron chi connectivity index (χ3n) is 4.12. The Morgan fingerprint density at radius 3 is 2.63 bits per heavy atom. The van der Waals surface area contributed by atoms with Crippen molar-refractivity contribution in [2.45, 2.75) is 38.1 Å². The Hall–Kier alpha value is -1.52. The Morgan fingerprint density at radius 1 is 1.37 bits per heavy atom. The van der Waals surface area contributed by atoms with Gasteiger partial charge < -0.3 is 9.84 Å². The number of nitrogens with zero attached hydrogens (tertiary/aromatic N) is 1. The van der Waals surface area contributed by atoms with Crippen LogP contribution >= 0.6 is 0 Å². The molecular weight excluding hydrogens is 246 g/mol. The number of aliphatic carboxylic acids is 1. The second kappa shape index (κ2) is 6.08. The van der Waals surface area contributed by atoms with Crippen molar-refractivity contribution in [3.63, 3.8) is 0 Å². The first-order valence-electron chi connectivity index (χ1n) is 6.89. The molecule has 0 aromatic carbocycles. The molecule has 1 saturated carbocycles. The first kappa shape index (κ1) is 13.9. The minimum atomic E-state index is -0.938. The molecule has 0 aromatic heterocycles. The molecule has 2 fully saturated rings. The van der Waals surface area contributed by atoms with Crippen molar-refractivity contribution < 1.29 is 19.4 Å². The van der Waals surface area contributed by atoms with Gasteiger partial charge in [0.05, 0.1) is 0 Å². The van der Waals surface area contributed by atoms with Gasteiger partial charge in [0, 0.05) is 6.54 Å². The Kier molecular flexibility index (Phi) is 4.45. The maximum atomic E-state index is 11.8. The van der Waals surface area contributed by atoms with Gasteiger partial charge in [-0.2, -0.15) is 0 Å². The van der Waals surface area contributed by atoms with E-state index in [1.54, 1.807) is 0 Å². The summed E-state index contributed by atoms with van der Waals surface area (Å²) < 4.78 is 4.95. The van der Waals surface area contributed by atoms with Crippen LogP contribution in [-0.4, -0.2) is 41.3 Å². The third-order valence-corrected chi connectivity index (χ3v) is 4.12. The summed E-state index contributed by atoms with van der Waals surface area (Å²) in [4.78, 5) is 24.4. The summed E-state index contributed by atoms with van der Waals surface area (Å²) in [5.41, 5.74) is 0. The molecule has 2 rings (SSSR count). The molecule has 0 radical (unpaired) electrons. The van der Waals surface area contributed by atoms with Gasteiger partial charge in [-0.3, -0.25) is 4.90 Å². The lowest BCUT2D eigenvalue weighted by Gasteiger charge is -2.27. The van der Waals surface area contributed by atoms with Gasteiger partial charge in [-0.15, -0.1) is 0 Å². The van der Waals surface area contributed by atoms with E-state index in [1.165, 1.54) is 30.2 Å². The Bertz CT molecular complexity index is 364. The third kappa shape index (κ3) is 3.28. The van der Waals surface area contributed by atoms with Crippen LogP contribution in [0.15, 0.2) is 12.7 Å². The molecule has 0 aromatic rings. The van der Waals surface area contributed by atoms with Crippen molar-refractivity contribution in [3.05, 3.63) is 12.7 Å². The van der Waals surface area contributed by atoms with Crippen molar-refractivity contribution in [1.82, 2.24) is 4.90 Å². The quantitative estimate of drug-likeness (QED) is 0.776. The lowest BCUT2D eigenvalue weighted by molar-refractivity contribution is -0.141. The van der Waals surface area contributed by atoms with Crippen molar-refractivity contribution in [2.75, 3.05) is 13.2 Å². The number of hydrogen-bond donors (Lipinski definition) is 1. The van der Waals surface area contributed by atoms with Crippen molar-refractivity contribution in [2.24, 2.45) is 11.8 Å². The average molecular weight is 267 g/mol. The molecule has 1 N–H and O–H groups in total. The van der Waals surface area contributed by atoms with Crippen LogP contribution in [0.4, 0.5) is 4.79 Å². The van der Waals surface area contributed by atoms with Gasteiger partial charge >= 0.3 is 12.1 Å². The van der Waals surface area contributed by atoms with E-state index in [0.29, 0.717) is 18.9 Å². The van der Waals surface area contributed by atoms with Crippen LogP contribution < -0.4 is 0 Å². The zero-order chi connectivity index (χ0) is 13.8. The zero-order valence-corrected chi connectivity index (χ0v) is 11.1. The molecule has 0 spiro atoms. The Balaban J connectivity index is 1.92. The highest BCUT2D eigenvalue weighted by Crippen LogP contribution is 2.37. The second-order valence-electron chi connectivity index (χ2n) is 5.51. The van der Waals surface area contributed by atoms with E-state index < -0.39 is 18.1 Å². The van der Waals surface area contributed by atoms with Gasteiger partial charge in [0.1, 0.15) is 12.6 Å². The molecule has 5 nitrogen and oxygen atoms in total. The van der Waals surface area contributed by atoms with Crippen molar-refractivity contribution in [1.29, 1.82) is 0 Å². The van der Waals surface area contributed by atoms with E-state index in [0.717, 1.165) is 12.3 Å². The number of amides is 1. The highest BCUT2D eigenvalue weighted by molar-refractivity contribution is 5.80. The predicted molar refractivity (Wildman–Crippen MR) is 69.7 cm³/mol. The number of rotatable bonds is 5. The SMILES string of the molecule is C=CCOC(=O)N1C[C@@H](CC2CCC2)C[C@H]1C(=O)O. The molecule has 1 saturated heterocycles. The summed E-state index contributed by atoms with van der Waals surface area (Å²) in [6, 6.07) is -0.734. The zero-order valence-electron chi connectivity index (χ0n) is 11.1. The molecule has 1 heterocycles. The highest BCUT2D eigenvalue weighted by Gasteiger charge is 2.41. The van der Waals surface area contributed by atoms with E-state index in [4.69, 9.17) is 4.74 Å². The summed E-state index contributed by atoms with van der Waals surface area (Å²) in [6.45, 7) is 4.10. The van der Waals surface area contributed by atoms with E-state index >= 15 is 0 Å². The molecule has 0 unspecified atom stereocenters. The number of carboxylic acid groups (broad SMARTS) is 1. The first-order valence-corrected chi connectivity index (χ1v) is 6.89. The number of carbonyl (C=O) groups is 2. The van der Waals surface area contributed by atoms with Gasteiger partial charge in [0.2, 0.25) is 0 Å². The molecule has 1 aliphatic heterocycles. The number of ether oxygens (including phenoxy) is 1. The van der Waals surface area contributed by atoms with Crippen LogP contribution in [0.5, 0.6) is 0 Å². The van der Waals surface area contributed by atoms with Crippen LogP contribution in [0.3, 0.4) is 0 Å². The fourth-order valence-electron chi connectivity index (χ4n) is 2.94. The van der Waals surface area contributed by atoms with E-state index in [1.807, 2.05) is 0 Å². The lowest BCUT2D eigenvalue weighted by Crippen LogP contribution is -2.40. The predicted octanol–water partition coefficient (Wildman–Crippen LogP) is 2.27. The molecular formula is C14H21NO4. The molecule has 5 heteroatoms. The Morgan fingerprint density at radius 2 is 2.11 bits per heavy atom. The molecule has 106 valence electrons. The molecule has 1 amide bonds. The maximum absolute atomic E-state index is 11.8. The van der Waals surface area contributed by atoms with Crippen LogP contribution in [0.25, 0.3) is 0 Å². The molecule has 0 bridgehead atoms. The largest absolute Gasteiger partial charge is 0.480 e. The summed E-state index contributed by atoms with van der Waals surface area (Å²) in [7, 11) is 0. The summed E-state index contributed by atoms with van der Waals surface area (Å²) in [6.07, 6.45) is 6.30. The molecule has 19 heavy (non-hydrogen) atoms. The highest BCUT2D eigenvalue weighted by atomic mass is 16.6.